The highest BCUT2D eigenvalue weighted by molar-refractivity contribution is 6.07. The van der Waals surface area contributed by atoms with Crippen molar-refractivity contribution in [3.05, 3.63) is 58.9 Å². The number of halogens is 1. The quantitative estimate of drug-likeness (QED) is 0.757. The van der Waals surface area contributed by atoms with Crippen LogP contribution in [-0.4, -0.2) is 17.0 Å². The molecular formula is C15H13FN2O3. The number of aryl methyl sites for hydroxylation is 1. The second-order valence-electron chi connectivity index (χ2n) is 4.52. The maximum Gasteiger partial charge on any atom is 0.337 e. The van der Waals surface area contributed by atoms with E-state index in [9.17, 15) is 14.0 Å². The summed E-state index contributed by atoms with van der Waals surface area (Å²) in [5.41, 5.74) is 7.02. The van der Waals surface area contributed by atoms with Crippen LogP contribution in [0.2, 0.25) is 0 Å². The summed E-state index contributed by atoms with van der Waals surface area (Å²) < 4.78 is 13.1. The number of carboxylic acid groups (broad SMARTS) is 1. The normalized spacial score (nSPS) is 10.2. The van der Waals surface area contributed by atoms with Crippen LogP contribution in [0.1, 0.15) is 26.3 Å². The molecule has 2 rings (SSSR count). The molecule has 2 aromatic rings. The Hall–Kier alpha value is -2.89. The van der Waals surface area contributed by atoms with Gasteiger partial charge in [0.1, 0.15) is 5.82 Å². The Kier molecular flexibility index (Phi) is 3.89. The third-order valence-electron chi connectivity index (χ3n) is 2.99. The summed E-state index contributed by atoms with van der Waals surface area (Å²) in [7, 11) is 0. The molecule has 0 saturated heterocycles. The molecule has 0 spiro atoms. The summed E-state index contributed by atoms with van der Waals surface area (Å²) in [5.74, 6) is -2.50. The van der Waals surface area contributed by atoms with Gasteiger partial charge in [0.25, 0.3) is 5.91 Å². The highest BCUT2D eigenvalue weighted by Gasteiger charge is 2.15. The average molecular weight is 288 g/mol. The number of hydrogen-bond donors (Lipinski definition) is 3. The van der Waals surface area contributed by atoms with E-state index in [1.54, 1.807) is 19.1 Å². The molecule has 0 atom stereocenters. The lowest BCUT2D eigenvalue weighted by atomic mass is 10.1. The molecule has 5 nitrogen and oxygen atoms in total. The van der Waals surface area contributed by atoms with Crippen molar-refractivity contribution < 1.29 is 19.1 Å². The minimum Gasteiger partial charge on any atom is -0.478 e. The molecule has 0 aromatic heterocycles. The lowest BCUT2D eigenvalue weighted by Crippen LogP contribution is -2.15. The predicted molar refractivity (Wildman–Crippen MR) is 76.9 cm³/mol. The van der Waals surface area contributed by atoms with Gasteiger partial charge in [-0.05, 0) is 48.9 Å². The molecule has 108 valence electrons. The maximum absolute atomic E-state index is 13.1. The Morgan fingerprint density at radius 1 is 1.19 bits per heavy atom. The predicted octanol–water partition coefficient (Wildman–Crippen LogP) is 2.67. The molecule has 0 radical (unpaired) electrons. The summed E-state index contributed by atoms with van der Waals surface area (Å²) in [6, 6.07) is 7.85. The number of amides is 1. The zero-order valence-corrected chi connectivity index (χ0v) is 11.2. The van der Waals surface area contributed by atoms with Crippen molar-refractivity contribution in [3.8, 4) is 0 Å². The molecule has 0 heterocycles. The second kappa shape index (κ2) is 5.62. The van der Waals surface area contributed by atoms with E-state index in [0.29, 0.717) is 11.3 Å². The minimum atomic E-state index is -1.32. The van der Waals surface area contributed by atoms with Gasteiger partial charge in [-0.2, -0.15) is 0 Å². The number of rotatable bonds is 3. The van der Waals surface area contributed by atoms with Crippen LogP contribution >= 0.6 is 0 Å². The third kappa shape index (κ3) is 3.17. The van der Waals surface area contributed by atoms with Crippen molar-refractivity contribution in [1.82, 2.24) is 0 Å². The number of nitrogen functional groups attached to an aromatic ring is 1. The first kappa shape index (κ1) is 14.5. The molecule has 0 unspecified atom stereocenters. The van der Waals surface area contributed by atoms with Gasteiger partial charge >= 0.3 is 5.97 Å². The number of carboxylic acids is 1. The van der Waals surface area contributed by atoms with Gasteiger partial charge < -0.3 is 16.2 Å². The molecule has 4 N–H and O–H groups in total. The van der Waals surface area contributed by atoms with Gasteiger partial charge in [-0.3, -0.25) is 4.79 Å². The largest absolute Gasteiger partial charge is 0.478 e. The van der Waals surface area contributed by atoms with Gasteiger partial charge in [0.15, 0.2) is 0 Å². The van der Waals surface area contributed by atoms with Crippen LogP contribution in [0.25, 0.3) is 0 Å². The van der Waals surface area contributed by atoms with E-state index < -0.39 is 17.7 Å². The van der Waals surface area contributed by atoms with Crippen LogP contribution < -0.4 is 11.1 Å². The number of anilines is 2. The number of hydrogen-bond acceptors (Lipinski definition) is 3. The van der Waals surface area contributed by atoms with Crippen LogP contribution in [0.15, 0.2) is 36.4 Å². The van der Waals surface area contributed by atoms with E-state index in [1.807, 2.05) is 0 Å². The standard InChI is InChI=1S/C15H13FN2O3/c1-8-6-9(2-4-12(8)17)14(19)18-13-5-3-10(16)7-11(13)15(20)21/h2-7H,17H2,1H3,(H,18,19)(H,20,21). The van der Waals surface area contributed by atoms with Crippen LogP contribution in [-0.2, 0) is 0 Å². The second-order valence-corrected chi connectivity index (χ2v) is 4.52. The molecular weight excluding hydrogens is 275 g/mol. The topological polar surface area (TPSA) is 92.4 Å². The van der Waals surface area contributed by atoms with Gasteiger partial charge in [0.05, 0.1) is 11.3 Å². The van der Waals surface area contributed by atoms with E-state index >= 15 is 0 Å². The first-order chi connectivity index (χ1) is 9.88. The van der Waals surface area contributed by atoms with Crippen molar-refractivity contribution in [2.75, 3.05) is 11.1 Å². The van der Waals surface area contributed by atoms with Gasteiger partial charge in [0, 0.05) is 11.3 Å². The number of carbonyl (C=O) groups is 2. The summed E-state index contributed by atoms with van der Waals surface area (Å²) in [6.07, 6.45) is 0. The van der Waals surface area contributed by atoms with Crippen molar-refractivity contribution in [1.29, 1.82) is 0 Å². The Morgan fingerprint density at radius 3 is 2.52 bits per heavy atom. The number of nitrogens with one attached hydrogen (secondary N) is 1. The molecule has 2 aromatic carbocycles. The van der Waals surface area contributed by atoms with Crippen LogP contribution in [0.3, 0.4) is 0 Å². The molecule has 21 heavy (non-hydrogen) atoms. The maximum atomic E-state index is 13.1. The Morgan fingerprint density at radius 2 is 1.90 bits per heavy atom. The van der Waals surface area contributed by atoms with Crippen molar-refractivity contribution in [2.24, 2.45) is 0 Å². The van der Waals surface area contributed by atoms with Gasteiger partial charge in [-0.25, -0.2) is 9.18 Å². The fourth-order valence-corrected chi connectivity index (χ4v) is 1.81. The fourth-order valence-electron chi connectivity index (χ4n) is 1.81. The first-order valence-electron chi connectivity index (χ1n) is 6.09. The van der Waals surface area contributed by atoms with E-state index in [4.69, 9.17) is 10.8 Å². The van der Waals surface area contributed by atoms with Crippen LogP contribution in [0.4, 0.5) is 15.8 Å². The molecule has 6 heteroatoms. The highest BCUT2D eigenvalue weighted by atomic mass is 19.1. The van der Waals surface area contributed by atoms with Crippen molar-refractivity contribution in [2.45, 2.75) is 6.92 Å². The summed E-state index contributed by atoms with van der Waals surface area (Å²) in [5, 5.41) is 11.5. The van der Waals surface area contributed by atoms with Crippen molar-refractivity contribution >= 4 is 23.3 Å². The lowest BCUT2D eigenvalue weighted by molar-refractivity contribution is 0.0697. The van der Waals surface area contributed by atoms with Gasteiger partial charge in [0.2, 0.25) is 0 Å². The summed E-state index contributed by atoms with van der Waals surface area (Å²) >= 11 is 0. The average Bonchev–Trinajstić information content (AvgIpc) is 2.43. The fraction of sp³-hybridized carbons (Fsp3) is 0.0667. The minimum absolute atomic E-state index is 0.0309. The zero-order chi connectivity index (χ0) is 15.6. The van der Waals surface area contributed by atoms with Crippen LogP contribution in [0, 0.1) is 12.7 Å². The zero-order valence-electron chi connectivity index (χ0n) is 11.2. The highest BCUT2D eigenvalue weighted by Crippen LogP contribution is 2.19. The summed E-state index contributed by atoms with van der Waals surface area (Å²) in [4.78, 5) is 23.2. The van der Waals surface area contributed by atoms with Crippen molar-refractivity contribution in [3.63, 3.8) is 0 Å². The number of carbonyl (C=O) groups excluding carboxylic acids is 1. The Labute approximate surface area is 120 Å². The molecule has 0 aliphatic heterocycles. The molecule has 1 amide bonds. The van der Waals surface area contributed by atoms with E-state index in [-0.39, 0.29) is 11.3 Å². The van der Waals surface area contributed by atoms with E-state index in [2.05, 4.69) is 5.32 Å². The van der Waals surface area contributed by atoms with Crippen LogP contribution in [0.5, 0.6) is 0 Å². The molecule has 0 saturated carbocycles. The number of benzene rings is 2. The number of aromatic carboxylic acids is 1. The molecule has 0 fully saturated rings. The van der Waals surface area contributed by atoms with E-state index in [0.717, 1.165) is 17.7 Å². The smallest absolute Gasteiger partial charge is 0.337 e. The lowest BCUT2D eigenvalue weighted by Gasteiger charge is -2.09. The molecule has 0 aliphatic carbocycles. The van der Waals surface area contributed by atoms with E-state index in [1.165, 1.54) is 12.1 Å². The van der Waals surface area contributed by atoms with Gasteiger partial charge in [-0.1, -0.05) is 0 Å². The monoisotopic (exact) mass is 288 g/mol. The SMILES string of the molecule is Cc1cc(C(=O)Nc2ccc(F)cc2C(=O)O)ccc1N. The Balaban J connectivity index is 2.31. The summed E-state index contributed by atoms with van der Waals surface area (Å²) in [6.45, 7) is 1.76. The van der Waals surface area contributed by atoms with Gasteiger partial charge in [-0.15, -0.1) is 0 Å². The molecule has 0 bridgehead atoms. The Bertz CT molecular complexity index is 729. The number of nitrogens with two attached hydrogens (primary N) is 1. The third-order valence-corrected chi connectivity index (χ3v) is 2.99. The molecule has 0 aliphatic rings. The first-order valence-corrected chi connectivity index (χ1v) is 6.09.